The molecule has 0 aromatic heterocycles. The number of hydrogen-bond acceptors (Lipinski definition) is 3. The minimum Gasteiger partial charge on any atom is -0.504 e. The number of aromatic hydroxyl groups is 1. The van der Waals surface area contributed by atoms with Crippen LogP contribution in [0.4, 0.5) is 0 Å². The van der Waals surface area contributed by atoms with E-state index in [0.717, 1.165) is 5.56 Å². The maximum Gasteiger partial charge on any atom is 0.161 e. The van der Waals surface area contributed by atoms with Gasteiger partial charge >= 0.3 is 0 Å². The van der Waals surface area contributed by atoms with Gasteiger partial charge in [-0.3, -0.25) is 4.79 Å². The summed E-state index contributed by atoms with van der Waals surface area (Å²) in [6.45, 7) is 9.69. The number of carbonyl (C=O) groups is 1. The molecule has 1 aromatic rings. The molecule has 19 heavy (non-hydrogen) atoms. The third-order valence-electron chi connectivity index (χ3n) is 2.47. The van der Waals surface area contributed by atoms with E-state index in [1.807, 2.05) is 40.7 Å². The lowest BCUT2D eigenvalue weighted by Gasteiger charge is -2.12. The van der Waals surface area contributed by atoms with Crippen LogP contribution in [0.1, 0.15) is 53.0 Å². The number of benzene rings is 1. The molecule has 0 amide bonds. The monoisotopic (exact) mass is 266 g/mol. The molecule has 1 rings (SSSR count). The van der Waals surface area contributed by atoms with E-state index in [0.29, 0.717) is 25.0 Å². The Balaban J connectivity index is 0.00000154. The zero-order chi connectivity index (χ0) is 14.8. The van der Waals surface area contributed by atoms with Crippen molar-refractivity contribution in [2.24, 2.45) is 0 Å². The van der Waals surface area contributed by atoms with Crippen molar-refractivity contribution in [3.05, 3.63) is 23.8 Å². The lowest BCUT2D eigenvalue weighted by molar-refractivity contribution is -0.118. The van der Waals surface area contributed by atoms with Crippen molar-refractivity contribution < 1.29 is 14.6 Å². The van der Waals surface area contributed by atoms with Crippen molar-refractivity contribution in [3.63, 3.8) is 0 Å². The van der Waals surface area contributed by atoms with Gasteiger partial charge in [-0.25, -0.2) is 0 Å². The Bertz CT molecular complexity index is 384. The molecule has 0 heterocycles. The molecule has 0 bridgehead atoms. The largest absolute Gasteiger partial charge is 0.504 e. The zero-order valence-corrected chi connectivity index (χ0v) is 12.7. The smallest absolute Gasteiger partial charge is 0.161 e. The number of ether oxygens (including phenoxy) is 1. The summed E-state index contributed by atoms with van der Waals surface area (Å²) in [6, 6.07) is 5.24. The maximum absolute atomic E-state index is 11.2. The van der Waals surface area contributed by atoms with Gasteiger partial charge in [0.25, 0.3) is 0 Å². The summed E-state index contributed by atoms with van der Waals surface area (Å²) >= 11 is 0. The number of hydrogen-bond donors (Lipinski definition) is 1. The lowest BCUT2D eigenvalue weighted by Crippen LogP contribution is -2.06. The van der Waals surface area contributed by atoms with Crippen LogP contribution in [0, 0.1) is 0 Å². The molecule has 108 valence electrons. The summed E-state index contributed by atoms with van der Waals surface area (Å²) < 4.78 is 5.48. The predicted octanol–water partition coefficient (Wildman–Crippen LogP) is 4.12. The number of rotatable bonds is 6. The van der Waals surface area contributed by atoms with E-state index in [-0.39, 0.29) is 17.6 Å². The second kappa shape index (κ2) is 9.42. The summed E-state index contributed by atoms with van der Waals surface area (Å²) in [5, 5.41) is 9.62. The molecule has 3 heteroatoms. The molecule has 1 N–H and O–H groups in total. The van der Waals surface area contributed by atoms with Crippen LogP contribution < -0.4 is 4.74 Å². The van der Waals surface area contributed by atoms with Gasteiger partial charge in [-0.1, -0.05) is 26.8 Å². The van der Waals surface area contributed by atoms with Crippen LogP contribution in [-0.2, 0) is 11.2 Å². The SMILES string of the molecule is CC.CCC(=O)CCc1ccc(O)c(OC(C)C)c1. The molecule has 0 radical (unpaired) electrons. The van der Waals surface area contributed by atoms with Crippen molar-refractivity contribution in [1.82, 2.24) is 0 Å². The third kappa shape index (κ3) is 6.85. The molecule has 0 unspecified atom stereocenters. The van der Waals surface area contributed by atoms with Gasteiger partial charge < -0.3 is 9.84 Å². The number of ketones is 1. The second-order valence-electron chi connectivity index (χ2n) is 4.36. The average molecular weight is 266 g/mol. The van der Waals surface area contributed by atoms with Crippen LogP contribution in [0.3, 0.4) is 0 Å². The van der Waals surface area contributed by atoms with Gasteiger partial charge in [0.15, 0.2) is 11.5 Å². The van der Waals surface area contributed by atoms with Gasteiger partial charge in [-0.05, 0) is 38.0 Å². The minimum atomic E-state index is 0.0217. The Morgan fingerprint density at radius 2 is 1.95 bits per heavy atom. The molecule has 1 aromatic carbocycles. The molecule has 3 nitrogen and oxygen atoms in total. The van der Waals surface area contributed by atoms with Crippen LogP contribution in [0.2, 0.25) is 0 Å². The van der Waals surface area contributed by atoms with Crippen LogP contribution in [0.25, 0.3) is 0 Å². The van der Waals surface area contributed by atoms with E-state index in [1.165, 1.54) is 0 Å². The Kier molecular flexibility index (Phi) is 8.68. The maximum atomic E-state index is 11.2. The number of phenolic OH excluding ortho intramolecular Hbond substituents is 1. The Hall–Kier alpha value is -1.51. The number of carbonyl (C=O) groups excluding carboxylic acids is 1. The van der Waals surface area contributed by atoms with Gasteiger partial charge in [0.1, 0.15) is 5.78 Å². The molecule has 0 saturated carbocycles. The minimum absolute atomic E-state index is 0.0217. The summed E-state index contributed by atoms with van der Waals surface area (Å²) in [4.78, 5) is 11.2. The molecule has 0 spiro atoms. The van der Waals surface area contributed by atoms with E-state index >= 15 is 0 Å². The lowest BCUT2D eigenvalue weighted by atomic mass is 10.1. The van der Waals surface area contributed by atoms with Gasteiger partial charge in [0.2, 0.25) is 0 Å². The Labute approximate surface area is 116 Å². The van der Waals surface area contributed by atoms with Crippen LogP contribution in [-0.4, -0.2) is 17.0 Å². The standard InChI is InChI=1S/C14H20O3.C2H6/c1-4-12(15)7-5-11-6-8-13(16)14(9-11)17-10(2)3;1-2/h6,8-10,16H,4-5,7H2,1-3H3;1-2H3. The quantitative estimate of drug-likeness (QED) is 0.842. The van der Waals surface area contributed by atoms with Crippen LogP contribution >= 0.6 is 0 Å². The fraction of sp³-hybridized carbons (Fsp3) is 0.562. The molecule has 0 aliphatic heterocycles. The molecular weight excluding hydrogens is 240 g/mol. The van der Waals surface area contributed by atoms with E-state index in [9.17, 15) is 9.90 Å². The number of aryl methyl sites for hydroxylation is 1. The molecule has 0 fully saturated rings. The molecular formula is C16H26O3. The van der Waals surface area contributed by atoms with Crippen LogP contribution in [0.15, 0.2) is 18.2 Å². The summed E-state index contributed by atoms with van der Waals surface area (Å²) in [5.41, 5.74) is 1.01. The van der Waals surface area contributed by atoms with Crippen molar-refractivity contribution in [1.29, 1.82) is 0 Å². The zero-order valence-electron chi connectivity index (χ0n) is 12.7. The first-order valence-electron chi connectivity index (χ1n) is 7.03. The normalized spacial score (nSPS) is 9.79. The van der Waals surface area contributed by atoms with Crippen molar-refractivity contribution >= 4 is 5.78 Å². The van der Waals surface area contributed by atoms with E-state index < -0.39 is 0 Å². The summed E-state index contributed by atoms with van der Waals surface area (Å²) in [7, 11) is 0. The Morgan fingerprint density at radius 1 is 1.32 bits per heavy atom. The molecule has 0 saturated heterocycles. The first-order valence-corrected chi connectivity index (χ1v) is 7.03. The summed E-state index contributed by atoms with van der Waals surface area (Å²) in [5.74, 6) is 0.884. The summed E-state index contributed by atoms with van der Waals surface area (Å²) in [6.07, 6.45) is 1.84. The number of Topliss-reactive ketones (excluding diaryl/α,β-unsaturated/α-hetero) is 1. The van der Waals surface area contributed by atoms with Crippen molar-refractivity contribution in [2.45, 2.75) is 60.0 Å². The highest BCUT2D eigenvalue weighted by molar-refractivity contribution is 5.78. The molecule has 0 aliphatic rings. The van der Waals surface area contributed by atoms with Crippen LogP contribution in [0.5, 0.6) is 11.5 Å². The number of phenols is 1. The van der Waals surface area contributed by atoms with Gasteiger partial charge in [-0.15, -0.1) is 0 Å². The topological polar surface area (TPSA) is 46.5 Å². The van der Waals surface area contributed by atoms with Gasteiger partial charge in [0, 0.05) is 12.8 Å². The highest BCUT2D eigenvalue weighted by Gasteiger charge is 2.07. The molecule has 0 aliphatic carbocycles. The Morgan fingerprint density at radius 3 is 2.47 bits per heavy atom. The second-order valence-corrected chi connectivity index (χ2v) is 4.36. The first-order chi connectivity index (χ1) is 9.02. The molecule has 0 atom stereocenters. The average Bonchev–Trinajstić information content (AvgIpc) is 2.41. The van der Waals surface area contributed by atoms with E-state index in [4.69, 9.17) is 4.74 Å². The van der Waals surface area contributed by atoms with Crippen molar-refractivity contribution in [2.75, 3.05) is 0 Å². The predicted molar refractivity (Wildman–Crippen MR) is 78.8 cm³/mol. The van der Waals surface area contributed by atoms with Gasteiger partial charge in [0.05, 0.1) is 6.10 Å². The fourth-order valence-corrected chi connectivity index (χ4v) is 1.52. The highest BCUT2D eigenvalue weighted by atomic mass is 16.5. The first kappa shape index (κ1) is 17.5. The van der Waals surface area contributed by atoms with Gasteiger partial charge in [-0.2, -0.15) is 0 Å². The fourth-order valence-electron chi connectivity index (χ4n) is 1.52. The third-order valence-corrected chi connectivity index (χ3v) is 2.47. The van der Waals surface area contributed by atoms with Crippen molar-refractivity contribution in [3.8, 4) is 11.5 Å². The van der Waals surface area contributed by atoms with E-state index in [2.05, 4.69) is 0 Å². The van der Waals surface area contributed by atoms with E-state index in [1.54, 1.807) is 12.1 Å². The highest BCUT2D eigenvalue weighted by Crippen LogP contribution is 2.28.